The lowest BCUT2D eigenvalue weighted by atomic mass is 10.3. The van der Waals surface area contributed by atoms with Gasteiger partial charge in [-0.1, -0.05) is 5.11 Å². The van der Waals surface area contributed by atoms with Crippen molar-refractivity contribution in [2.75, 3.05) is 52.9 Å². The second-order valence-corrected chi connectivity index (χ2v) is 5.75. The van der Waals surface area contributed by atoms with Gasteiger partial charge in [-0.2, -0.15) is 0 Å². The number of ether oxygens (including phenoxy) is 4. The summed E-state index contributed by atoms with van der Waals surface area (Å²) in [4.78, 5) is 37.2. The summed E-state index contributed by atoms with van der Waals surface area (Å²) < 4.78 is 21.1. The molecule has 0 aromatic rings. The number of rotatable bonds is 17. The van der Waals surface area contributed by atoms with Gasteiger partial charge in [-0.3, -0.25) is 19.3 Å². The van der Waals surface area contributed by atoms with Crippen molar-refractivity contribution in [1.82, 2.24) is 4.90 Å². The van der Waals surface area contributed by atoms with Gasteiger partial charge < -0.3 is 24.1 Å². The number of aliphatic carboxylic acids is 1. The van der Waals surface area contributed by atoms with Crippen molar-refractivity contribution in [3.8, 4) is 0 Å². The van der Waals surface area contributed by atoms with Crippen molar-refractivity contribution in [2.24, 2.45) is 5.11 Å². The Morgan fingerprint density at radius 1 is 1.00 bits per heavy atom. The van der Waals surface area contributed by atoms with Gasteiger partial charge in [-0.05, 0) is 12.0 Å². The van der Waals surface area contributed by atoms with Gasteiger partial charge in [0.15, 0.2) is 0 Å². The maximum atomic E-state index is 11.7. The zero-order valence-corrected chi connectivity index (χ0v) is 15.7. The van der Waals surface area contributed by atoms with E-state index >= 15 is 0 Å². The molecule has 1 unspecified atom stereocenters. The second-order valence-electron chi connectivity index (χ2n) is 5.75. The monoisotopic (exact) mass is 402 g/mol. The smallest absolute Gasteiger partial charge is 0.303 e. The van der Waals surface area contributed by atoms with Crippen LogP contribution >= 0.6 is 0 Å². The molecule has 1 rings (SSSR count). The predicted octanol–water partition coefficient (Wildman–Crippen LogP) is 0.703. The molecular formula is C16H26N4O8. The van der Waals surface area contributed by atoms with E-state index in [4.69, 9.17) is 29.6 Å². The molecule has 1 fully saturated rings. The Bertz CT molecular complexity index is 537. The number of carboxylic acids is 1. The Morgan fingerprint density at radius 3 is 2.00 bits per heavy atom. The molecule has 1 heterocycles. The topological polar surface area (TPSA) is 160 Å². The van der Waals surface area contributed by atoms with E-state index < -0.39 is 12.1 Å². The van der Waals surface area contributed by atoms with Gasteiger partial charge in [0.1, 0.15) is 6.17 Å². The predicted molar refractivity (Wildman–Crippen MR) is 94.2 cm³/mol. The molecule has 1 aliphatic rings. The largest absolute Gasteiger partial charge is 0.481 e. The first kappa shape index (κ1) is 23.8. The summed E-state index contributed by atoms with van der Waals surface area (Å²) in [6, 6.07) is 0. The van der Waals surface area contributed by atoms with E-state index in [0.717, 1.165) is 4.90 Å². The van der Waals surface area contributed by atoms with Crippen LogP contribution in [-0.4, -0.2) is 86.8 Å². The third-order valence-electron chi connectivity index (χ3n) is 3.64. The molecule has 158 valence electrons. The maximum absolute atomic E-state index is 11.7. The molecule has 12 heteroatoms. The number of carbonyl (C=O) groups excluding carboxylic acids is 2. The number of hydrogen-bond donors (Lipinski definition) is 1. The minimum Gasteiger partial charge on any atom is -0.481 e. The molecule has 2 amide bonds. The van der Waals surface area contributed by atoms with Crippen LogP contribution in [0, 0.1) is 0 Å². The molecule has 0 bridgehead atoms. The van der Waals surface area contributed by atoms with E-state index in [9.17, 15) is 14.4 Å². The van der Waals surface area contributed by atoms with E-state index in [2.05, 4.69) is 10.0 Å². The number of imide groups is 1. The van der Waals surface area contributed by atoms with Gasteiger partial charge in [0, 0.05) is 30.8 Å². The molecule has 0 radical (unpaired) electrons. The van der Waals surface area contributed by atoms with Gasteiger partial charge in [0.05, 0.1) is 46.2 Å². The summed E-state index contributed by atoms with van der Waals surface area (Å²) >= 11 is 0. The molecule has 28 heavy (non-hydrogen) atoms. The summed E-state index contributed by atoms with van der Waals surface area (Å²) in [5.74, 6) is -1.58. The Morgan fingerprint density at radius 2 is 1.50 bits per heavy atom. The molecule has 0 spiro atoms. The van der Waals surface area contributed by atoms with Crippen molar-refractivity contribution in [3.63, 3.8) is 0 Å². The summed E-state index contributed by atoms with van der Waals surface area (Å²) in [6.45, 7) is 2.29. The molecule has 0 aromatic heterocycles. The maximum Gasteiger partial charge on any atom is 0.303 e. The van der Waals surface area contributed by atoms with E-state index in [1.807, 2.05) is 0 Å². The first-order chi connectivity index (χ1) is 13.6. The van der Waals surface area contributed by atoms with E-state index in [0.29, 0.717) is 39.5 Å². The van der Waals surface area contributed by atoms with Crippen LogP contribution in [0.25, 0.3) is 10.4 Å². The highest BCUT2D eigenvalue weighted by molar-refractivity contribution is 6.02. The number of azide groups is 1. The number of hydrogen-bond acceptors (Lipinski definition) is 8. The number of carbonyl (C=O) groups is 3. The molecule has 1 atom stereocenters. The van der Waals surface area contributed by atoms with Gasteiger partial charge in [-0.15, -0.1) is 0 Å². The third kappa shape index (κ3) is 10.2. The molecule has 0 aromatic carbocycles. The zero-order valence-electron chi connectivity index (χ0n) is 15.7. The van der Waals surface area contributed by atoms with Crippen LogP contribution in [0.2, 0.25) is 0 Å². The van der Waals surface area contributed by atoms with Crippen molar-refractivity contribution < 1.29 is 38.4 Å². The number of nitrogens with zero attached hydrogens (tertiary/aromatic N) is 4. The molecule has 12 nitrogen and oxygen atoms in total. The van der Waals surface area contributed by atoms with E-state index in [1.54, 1.807) is 0 Å². The minimum absolute atomic E-state index is 0.0827. The van der Waals surface area contributed by atoms with Crippen LogP contribution in [0.3, 0.4) is 0 Å². The zero-order chi connectivity index (χ0) is 20.6. The quantitative estimate of drug-likeness (QED) is 0.122. The van der Waals surface area contributed by atoms with Crippen molar-refractivity contribution in [3.05, 3.63) is 10.4 Å². The highest BCUT2D eigenvalue weighted by Gasteiger charge is 2.34. The van der Waals surface area contributed by atoms with Crippen LogP contribution in [0.15, 0.2) is 5.11 Å². The van der Waals surface area contributed by atoms with Crippen LogP contribution < -0.4 is 0 Å². The molecule has 0 aliphatic carbocycles. The fourth-order valence-corrected chi connectivity index (χ4v) is 2.32. The fourth-order valence-electron chi connectivity index (χ4n) is 2.32. The summed E-state index contributed by atoms with van der Waals surface area (Å²) in [6.07, 6.45) is -0.185. The Hall–Kier alpha value is -2.24. The average Bonchev–Trinajstić information content (AvgIpc) is 2.99. The van der Waals surface area contributed by atoms with Gasteiger partial charge >= 0.3 is 5.97 Å². The highest BCUT2D eigenvalue weighted by Crippen LogP contribution is 2.16. The molecule has 1 aliphatic heterocycles. The fraction of sp³-hybridized carbons (Fsp3) is 0.812. The van der Waals surface area contributed by atoms with Crippen LogP contribution in [0.4, 0.5) is 0 Å². The molecule has 0 saturated carbocycles. The lowest BCUT2D eigenvalue weighted by molar-refractivity contribution is -0.142. The van der Waals surface area contributed by atoms with Gasteiger partial charge in [0.25, 0.3) is 0 Å². The summed E-state index contributed by atoms with van der Waals surface area (Å²) in [5.41, 5.74) is 8.58. The number of carboxylic acid groups (broad SMARTS) is 1. The van der Waals surface area contributed by atoms with Gasteiger partial charge in [0.2, 0.25) is 11.8 Å². The lowest BCUT2D eigenvalue weighted by Crippen LogP contribution is -2.41. The van der Waals surface area contributed by atoms with Crippen LogP contribution in [0.5, 0.6) is 0 Å². The lowest BCUT2D eigenvalue weighted by Gasteiger charge is -2.21. The summed E-state index contributed by atoms with van der Waals surface area (Å²) in [5, 5.41) is 11.9. The minimum atomic E-state index is -0.980. The Kier molecular flexibility index (Phi) is 12.6. The standard InChI is InChI=1S/C16H26N4O8/c17-19-18-13(20-14(21)3-4-15(20)22)12-28-11-10-27-9-8-26-7-6-25-5-1-2-16(23)24/h13H,1-12H2,(H,23,24). The highest BCUT2D eigenvalue weighted by atomic mass is 16.6. The number of amides is 2. The normalized spacial score (nSPS) is 14.9. The summed E-state index contributed by atoms with van der Waals surface area (Å²) in [7, 11) is 0. The van der Waals surface area contributed by atoms with E-state index in [-0.39, 0.29) is 50.9 Å². The van der Waals surface area contributed by atoms with Gasteiger partial charge in [-0.25, -0.2) is 0 Å². The Labute approximate surface area is 162 Å². The average molecular weight is 402 g/mol. The molecular weight excluding hydrogens is 376 g/mol. The van der Waals surface area contributed by atoms with E-state index in [1.165, 1.54) is 0 Å². The SMILES string of the molecule is [N-]=[N+]=NC(COCCOCCOCCOCCCC(=O)O)N1C(=O)CCC1=O. The van der Waals surface area contributed by atoms with Crippen LogP contribution in [0.1, 0.15) is 25.7 Å². The first-order valence-electron chi connectivity index (χ1n) is 8.98. The second kappa shape index (κ2) is 14.8. The first-order valence-corrected chi connectivity index (χ1v) is 8.98. The Balaban J connectivity index is 1.96. The molecule has 1 N–H and O–H groups in total. The molecule has 1 saturated heterocycles. The number of likely N-dealkylation sites (tertiary alicyclic amines) is 1. The van der Waals surface area contributed by atoms with Crippen molar-refractivity contribution >= 4 is 17.8 Å². The third-order valence-corrected chi connectivity index (χ3v) is 3.64. The van der Waals surface area contributed by atoms with Crippen molar-refractivity contribution in [1.29, 1.82) is 0 Å². The van der Waals surface area contributed by atoms with Crippen LogP contribution in [-0.2, 0) is 33.3 Å². The van der Waals surface area contributed by atoms with Crippen molar-refractivity contribution in [2.45, 2.75) is 31.8 Å².